The Morgan fingerprint density at radius 3 is 2.71 bits per heavy atom. The molecule has 3 heteroatoms. The van der Waals surface area contributed by atoms with E-state index in [1.807, 2.05) is 4.68 Å². The number of hydrogen-bond acceptors (Lipinski definition) is 1. The first kappa shape index (κ1) is 12.9. The molecule has 1 fully saturated rings. The van der Waals surface area contributed by atoms with Gasteiger partial charge in [0.25, 0.3) is 0 Å². The van der Waals surface area contributed by atoms with E-state index in [1.165, 1.54) is 31.4 Å². The zero-order chi connectivity index (χ0) is 12.3. The van der Waals surface area contributed by atoms with E-state index in [2.05, 4.69) is 31.2 Å². The van der Waals surface area contributed by atoms with Crippen LogP contribution in [-0.2, 0) is 6.42 Å². The molecule has 0 bridgehead atoms. The number of rotatable bonds is 5. The summed E-state index contributed by atoms with van der Waals surface area (Å²) in [5, 5.41) is 4.92. The first-order valence-corrected chi connectivity index (χ1v) is 7.28. The highest BCUT2D eigenvalue weighted by Gasteiger charge is 2.23. The van der Waals surface area contributed by atoms with Gasteiger partial charge in [-0.15, -0.1) is 11.6 Å². The highest BCUT2D eigenvalue weighted by molar-refractivity contribution is 6.20. The summed E-state index contributed by atoms with van der Waals surface area (Å²) in [6.07, 6.45) is 9.56. The van der Waals surface area contributed by atoms with Crippen LogP contribution in [0.4, 0.5) is 0 Å². The third-order valence-electron chi connectivity index (χ3n) is 3.78. The standard InChI is InChI=1S/C14H23ClN2/c1-11(2)17-10-9-13(16-17)7-8-14(15)12-5-3-4-6-12/h9-12,14H,3-8H2,1-2H3. The van der Waals surface area contributed by atoms with Crippen molar-refractivity contribution >= 4 is 11.6 Å². The summed E-state index contributed by atoms with van der Waals surface area (Å²) in [5.41, 5.74) is 1.18. The molecule has 0 radical (unpaired) electrons. The molecule has 2 nitrogen and oxygen atoms in total. The van der Waals surface area contributed by atoms with Crippen molar-refractivity contribution in [1.29, 1.82) is 0 Å². The van der Waals surface area contributed by atoms with Crippen LogP contribution in [0.3, 0.4) is 0 Å². The molecule has 1 heterocycles. The summed E-state index contributed by atoms with van der Waals surface area (Å²) in [6.45, 7) is 4.30. The Labute approximate surface area is 109 Å². The van der Waals surface area contributed by atoms with Crippen molar-refractivity contribution in [2.24, 2.45) is 5.92 Å². The molecule has 0 spiro atoms. The fourth-order valence-electron chi connectivity index (χ4n) is 2.64. The Morgan fingerprint density at radius 1 is 1.41 bits per heavy atom. The first-order chi connectivity index (χ1) is 8.16. The molecule has 0 aromatic carbocycles. The van der Waals surface area contributed by atoms with Crippen LogP contribution in [-0.4, -0.2) is 15.2 Å². The van der Waals surface area contributed by atoms with Crippen molar-refractivity contribution in [2.75, 3.05) is 0 Å². The van der Waals surface area contributed by atoms with E-state index in [-0.39, 0.29) is 0 Å². The van der Waals surface area contributed by atoms with E-state index in [0.29, 0.717) is 11.4 Å². The van der Waals surface area contributed by atoms with E-state index in [1.54, 1.807) is 0 Å². The molecule has 0 amide bonds. The lowest BCUT2D eigenvalue weighted by Gasteiger charge is -2.15. The van der Waals surface area contributed by atoms with Crippen LogP contribution >= 0.6 is 11.6 Å². The fraction of sp³-hybridized carbons (Fsp3) is 0.786. The van der Waals surface area contributed by atoms with Crippen LogP contribution < -0.4 is 0 Å². The van der Waals surface area contributed by atoms with Crippen LogP contribution in [0.15, 0.2) is 12.3 Å². The van der Waals surface area contributed by atoms with Crippen LogP contribution in [0.25, 0.3) is 0 Å². The zero-order valence-electron chi connectivity index (χ0n) is 10.9. The maximum atomic E-state index is 6.47. The second-order valence-corrected chi connectivity index (χ2v) is 6.04. The maximum absolute atomic E-state index is 6.47. The normalized spacial score (nSPS) is 19.1. The van der Waals surface area contributed by atoms with Crippen LogP contribution in [0.1, 0.15) is 57.7 Å². The van der Waals surface area contributed by atoms with E-state index < -0.39 is 0 Å². The molecule has 17 heavy (non-hydrogen) atoms. The van der Waals surface area contributed by atoms with Gasteiger partial charge in [0, 0.05) is 17.6 Å². The second kappa shape index (κ2) is 5.90. The molecule has 0 saturated heterocycles. The molecule has 1 aliphatic rings. The SMILES string of the molecule is CC(C)n1ccc(CCC(Cl)C2CCCC2)n1. The van der Waals surface area contributed by atoms with Crippen LogP contribution in [0, 0.1) is 5.92 Å². The lowest BCUT2D eigenvalue weighted by atomic mass is 9.99. The lowest BCUT2D eigenvalue weighted by molar-refractivity contribution is 0.485. The molecule has 2 rings (SSSR count). The summed E-state index contributed by atoms with van der Waals surface area (Å²) >= 11 is 6.47. The molecule has 96 valence electrons. The van der Waals surface area contributed by atoms with Gasteiger partial charge in [-0.2, -0.15) is 5.10 Å². The van der Waals surface area contributed by atoms with Crippen molar-refractivity contribution < 1.29 is 0 Å². The number of nitrogens with zero attached hydrogens (tertiary/aromatic N) is 2. The molecule has 0 aliphatic heterocycles. The van der Waals surface area contributed by atoms with Gasteiger partial charge in [0.05, 0.1) is 5.69 Å². The van der Waals surface area contributed by atoms with E-state index in [9.17, 15) is 0 Å². The Bertz CT molecular complexity index is 340. The number of halogens is 1. The average molecular weight is 255 g/mol. The largest absolute Gasteiger partial charge is 0.270 e. The molecule has 1 atom stereocenters. The second-order valence-electron chi connectivity index (χ2n) is 5.48. The van der Waals surface area contributed by atoms with Gasteiger partial charge >= 0.3 is 0 Å². The van der Waals surface area contributed by atoms with Gasteiger partial charge in [0.1, 0.15) is 0 Å². The van der Waals surface area contributed by atoms with Gasteiger partial charge in [-0.25, -0.2) is 0 Å². The smallest absolute Gasteiger partial charge is 0.0625 e. The molecular weight excluding hydrogens is 232 g/mol. The van der Waals surface area contributed by atoms with Gasteiger partial charge in [-0.05, 0) is 51.5 Å². The fourth-order valence-corrected chi connectivity index (χ4v) is 3.00. The van der Waals surface area contributed by atoms with Crippen molar-refractivity contribution in [3.05, 3.63) is 18.0 Å². The van der Waals surface area contributed by atoms with Gasteiger partial charge in [0.15, 0.2) is 0 Å². The molecular formula is C14H23ClN2. The summed E-state index contributed by atoms with van der Waals surface area (Å²) in [4.78, 5) is 0. The van der Waals surface area contributed by atoms with Crippen molar-refractivity contribution in [3.8, 4) is 0 Å². The van der Waals surface area contributed by atoms with Gasteiger partial charge in [-0.3, -0.25) is 4.68 Å². The topological polar surface area (TPSA) is 17.8 Å². The Balaban J connectivity index is 1.80. The van der Waals surface area contributed by atoms with Crippen molar-refractivity contribution in [1.82, 2.24) is 9.78 Å². The van der Waals surface area contributed by atoms with Crippen LogP contribution in [0.2, 0.25) is 0 Å². The summed E-state index contributed by atoms with van der Waals surface area (Å²) in [6, 6.07) is 2.57. The van der Waals surface area contributed by atoms with E-state index in [0.717, 1.165) is 18.8 Å². The number of aryl methyl sites for hydroxylation is 1. The summed E-state index contributed by atoms with van der Waals surface area (Å²) in [5.74, 6) is 0.754. The van der Waals surface area contributed by atoms with E-state index >= 15 is 0 Å². The first-order valence-electron chi connectivity index (χ1n) is 6.85. The third kappa shape index (κ3) is 3.48. The summed E-state index contributed by atoms with van der Waals surface area (Å²) < 4.78 is 2.02. The Morgan fingerprint density at radius 2 is 2.12 bits per heavy atom. The Kier molecular flexibility index (Phi) is 4.49. The quantitative estimate of drug-likeness (QED) is 0.721. The minimum absolute atomic E-state index is 0.349. The van der Waals surface area contributed by atoms with Gasteiger partial charge in [0.2, 0.25) is 0 Å². The zero-order valence-corrected chi connectivity index (χ0v) is 11.7. The van der Waals surface area contributed by atoms with Crippen molar-refractivity contribution in [3.63, 3.8) is 0 Å². The maximum Gasteiger partial charge on any atom is 0.0625 e. The number of aromatic nitrogens is 2. The van der Waals surface area contributed by atoms with E-state index in [4.69, 9.17) is 11.6 Å². The predicted octanol–water partition coefficient (Wildman–Crippen LogP) is 4.19. The molecule has 1 unspecified atom stereocenters. The monoisotopic (exact) mass is 254 g/mol. The third-order valence-corrected chi connectivity index (χ3v) is 4.35. The van der Waals surface area contributed by atoms with Crippen molar-refractivity contribution in [2.45, 2.75) is 63.8 Å². The molecule has 1 aromatic rings. The number of hydrogen-bond donors (Lipinski definition) is 0. The van der Waals surface area contributed by atoms with Gasteiger partial charge in [-0.1, -0.05) is 12.8 Å². The minimum atomic E-state index is 0.349. The lowest BCUT2D eigenvalue weighted by Crippen LogP contribution is -2.12. The Hall–Kier alpha value is -0.500. The van der Waals surface area contributed by atoms with Crippen LogP contribution in [0.5, 0.6) is 0 Å². The molecule has 0 N–H and O–H groups in total. The highest BCUT2D eigenvalue weighted by atomic mass is 35.5. The number of alkyl halides is 1. The molecule has 1 saturated carbocycles. The molecule has 1 aromatic heterocycles. The predicted molar refractivity (Wildman–Crippen MR) is 72.5 cm³/mol. The highest BCUT2D eigenvalue weighted by Crippen LogP contribution is 2.32. The molecule has 1 aliphatic carbocycles. The van der Waals surface area contributed by atoms with Gasteiger partial charge < -0.3 is 0 Å². The average Bonchev–Trinajstić information content (AvgIpc) is 2.97. The minimum Gasteiger partial charge on any atom is -0.270 e. The summed E-state index contributed by atoms with van der Waals surface area (Å²) in [7, 11) is 0.